The van der Waals surface area contributed by atoms with E-state index < -0.39 is 29.6 Å². The molecule has 2 aromatic heterocycles. The zero-order valence-corrected chi connectivity index (χ0v) is 16.8. The number of unbranched alkanes of at least 4 members (excludes halogenated alkanes) is 2. The van der Waals surface area contributed by atoms with Gasteiger partial charge in [-0.05, 0) is 25.0 Å². The van der Waals surface area contributed by atoms with E-state index in [1.807, 2.05) is 0 Å². The summed E-state index contributed by atoms with van der Waals surface area (Å²) in [6.45, 7) is 0.664. The smallest absolute Gasteiger partial charge is 0.332 e. The number of nitrogens with zero attached hydrogens (tertiary/aromatic N) is 4. The molecule has 1 N–H and O–H groups in total. The molecule has 30 heavy (non-hydrogen) atoms. The molecule has 0 aliphatic carbocycles. The van der Waals surface area contributed by atoms with E-state index in [2.05, 4.69) is 4.98 Å². The maximum Gasteiger partial charge on any atom is 0.332 e. The number of aliphatic carboxylic acids is 1. The van der Waals surface area contributed by atoms with Crippen molar-refractivity contribution in [1.29, 1.82) is 0 Å². The first-order valence-corrected chi connectivity index (χ1v) is 9.61. The summed E-state index contributed by atoms with van der Waals surface area (Å²) in [6, 6.07) is 0. The van der Waals surface area contributed by atoms with Gasteiger partial charge >= 0.3 is 11.7 Å². The van der Waals surface area contributed by atoms with Crippen LogP contribution in [-0.2, 0) is 33.2 Å². The second kappa shape index (κ2) is 9.18. The predicted molar refractivity (Wildman–Crippen MR) is 105 cm³/mol. The van der Waals surface area contributed by atoms with E-state index in [0.717, 1.165) is 17.4 Å². The number of aromatic nitrogens is 4. The highest BCUT2D eigenvalue weighted by molar-refractivity contribution is 5.93. The van der Waals surface area contributed by atoms with Crippen LogP contribution in [0.4, 0.5) is 0 Å². The third-order valence-corrected chi connectivity index (χ3v) is 4.90. The lowest BCUT2D eigenvalue weighted by molar-refractivity contribution is -0.140. The van der Waals surface area contributed by atoms with Crippen LogP contribution in [0.2, 0.25) is 0 Å². The van der Waals surface area contributed by atoms with Gasteiger partial charge in [0.1, 0.15) is 6.10 Å². The van der Waals surface area contributed by atoms with E-state index in [1.165, 1.54) is 35.6 Å². The topological polar surface area (TPSA) is 135 Å². The number of hydrogen-bond donors (Lipinski definition) is 1. The first-order valence-electron chi connectivity index (χ1n) is 9.61. The fourth-order valence-electron chi connectivity index (χ4n) is 3.29. The number of ketones is 1. The zero-order chi connectivity index (χ0) is 21.8. The summed E-state index contributed by atoms with van der Waals surface area (Å²) in [7, 11) is 2.86. The van der Waals surface area contributed by atoms with E-state index in [0.29, 0.717) is 13.0 Å². The molecule has 0 saturated carbocycles. The minimum atomic E-state index is -1.07. The molecule has 3 heterocycles. The molecule has 0 saturated heterocycles. The van der Waals surface area contributed by atoms with Crippen LogP contribution in [-0.4, -0.2) is 54.9 Å². The number of aryl methyl sites for hydroxylation is 1. The first-order chi connectivity index (χ1) is 14.3. The van der Waals surface area contributed by atoms with Crippen LogP contribution < -0.4 is 11.2 Å². The summed E-state index contributed by atoms with van der Waals surface area (Å²) < 4.78 is 15.0. The van der Waals surface area contributed by atoms with Gasteiger partial charge in [-0.3, -0.25) is 28.1 Å². The van der Waals surface area contributed by atoms with Crippen molar-refractivity contribution in [2.24, 2.45) is 14.1 Å². The van der Waals surface area contributed by atoms with Crippen molar-refractivity contribution in [1.82, 2.24) is 18.7 Å². The Kier molecular flexibility index (Phi) is 6.63. The number of carboxylic acid groups (broad SMARTS) is 1. The van der Waals surface area contributed by atoms with Gasteiger partial charge in [-0.1, -0.05) is 6.42 Å². The predicted octanol–water partition coefficient (Wildman–Crippen LogP) is 0.118. The number of carbonyl (C=O) groups is 2. The maximum atomic E-state index is 12.4. The van der Waals surface area contributed by atoms with Crippen molar-refractivity contribution in [2.75, 3.05) is 13.2 Å². The van der Waals surface area contributed by atoms with Gasteiger partial charge < -0.3 is 14.6 Å². The molecule has 1 aliphatic heterocycles. The van der Waals surface area contributed by atoms with Gasteiger partial charge in [-0.2, -0.15) is 0 Å². The molecule has 162 valence electrons. The molecule has 0 aromatic carbocycles. The lowest BCUT2D eigenvalue weighted by atomic mass is 10.2. The Balaban J connectivity index is 1.67. The molecular weight excluding hydrogens is 396 g/mol. The highest BCUT2D eigenvalue weighted by Gasteiger charge is 2.29. The Morgan fingerprint density at radius 2 is 1.97 bits per heavy atom. The molecule has 0 amide bonds. The summed E-state index contributed by atoms with van der Waals surface area (Å²) in [4.78, 5) is 51.5. The van der Waals surface area contributed by atoms with Gasteiger partial charge in [0.05, 0.1) is 12.9 Å². The fourth-order valence-corrected chi connectivity index (χ4v) is 3.29. The Hall–Kier alpha value is -3.05. The van der Waals surface area contributed by atoms with Crippen molar-refractivity contribution < 1.29 is 24.2 Å². The van der Waals surface area contributed by atoms with Crippen LogP contribution in [0.25, 0.3) is 11.2 Å². The summed E-state index contributed by atoms with van der Waals surface area (Å²) in [5.74, 6) is -1.15. The second-order valence-electron chi connectivity index (χ2n) is 7.10. The molecule has 0 fully saturated rings. The van der Waals surface area contributed by atoms with Gasteiger partial charge in [-0.25, -0.2) is 9.78 Å². The largest absolute Gasteiger partial charge is 0.481 e. The third kappa shape index (κ3) is 4.41. The summed E-state index contributed by atoms with van der Waals surface area (Å²) >= 11 is 0. The van der Waals surface area contributed by atoms with Crippen LogP contribution in [0.1, 0.15) is 31.9 Å². The third-order valence-electron chi connectivity index (χ3n) is 4.90. The molecular formula is C19H24N4O7. The molecule has 3 rings (SSSR count). The average molecular weight is 420 g/mol. The molecule has 0 unspecified atom stereocenters. The number of imidazole rings is 1. The van der Waals surface area contributed by atoms with Crippen LogP contribution >= 0.6 is 0 Å². The quantitative estimate of drug-likeness (QED) is 0.565. The number of rotatable bonds is 9. The van der Waals surface area contributed by atoms with Crippen molar-refractivity contribution in [3.8, 4) is 0 Å². The van der Waals surface area contributed by atoms with Crippen molar-refractivity contribution in [3.05, 3.63) is 39.3 Å². The lowest BCUT2D eigenvalue weighted by Crippen LogP contribution is -2.38. The van der Waals surface area contributed by atoms with E-state index in [4.69, 9.17) is 14.6 Å². The summed E-state index contributed by atoms with van der Waals surface area (Å²) in [5, 5.41) is 8.61. The van der Waals surface area contributed by atoms with Crippen LogP contribution in [0.3, 0.4) is 0 Å². The van der Waals surface area contributed by atoms with E-state index >= 15 is 0 Å². The van der Waals surface area contributed by atoms with Gasteiger partial charge in [0, 0.05) is 27.1 Å². The van der Waals surface area contributed by atoms with Crippen molar-refractivity contribution in [2.45, 2.75) is 38.0 Å². The monoisotopic (exact) mass is 420 g/mol. The Morgan fingerprint density at radius 3 is 2.70 bits per heavy atom. The highest BCUT2D eigenvalue weighted by Crippen LogP contribution is 2.22. The number of carbonyl (C=O) groups excluding carboxylic acids is 1. The van der Waals surface area contributed by atoms with Gasteiger partial charge in [-0.15, -0.1) is 0 Å². The molecule has 2 atom stereocenters. The molecule has 11 heteroatoms. The van der Waals surface area contributed by atoms with Crippen LogP contribution in [0.15, 0.2) is 28.1 Å². The number of ether oxygens (including phenoxy) is 2. The molecule has 11 nitrogen and oxygen atoms in total. The van der Waals surface area contributed by atoms with E-state index in [-0.39, 0.29) is 30.0 Å². The van der Waals surface area contributed by atoms with Crippen LogP contribution in [0.5, 0.6) is 0 Å². The SMILES string of the molecule is Cn1c(=O)c2ncn([C@H]3O[C@H](COCCCCCC(=O)O)C=CC3=O)c2n(C)c1=O. The minimum absolute atomic E-state index is 0.0692. The molecule has 0 radical (unpaired) electrons. The van der Waals surface area contributed by atoms with Gasteiger partial charge in [0.2, 0.25) is 12.0 Å². The number of hydrogen-bond acceptors (Lipinski definition) is 7. The van der Waals surface area contributed by atoms with Gasteiger partial charge in [0.15, 0.2) is 11.2 Å². The lowest BCUT2D eigenvalue weighted by Gasteiger charge is -2.26. The second-order valence-corrected chi connectivity index (χ2v) is 7.10. The zero-order valence-electron chi connectivity index (χ0n) is 16.8. The molecule has 2 aromatic rings. The van der Waals surface area contributed by atoms with Crippen LogP contribution in [0, 0.1) is 0 Å². The molecule has 1 aliphatic rings. The minimum Gasteiger partial charge on any atom is -0.481 e. The number of fused-ring (bicyclic) bond motifs is 1. The fraction of sp³-hybridized carbons (Fsp3) is 0.526. The normalized spacial score (nSPS) is 18.9. The summed E-state index contributed by atoms with van der Waals surface area (Å²) in [6.07, 6.45) is 4.95. The Labute approximate surface area is 171 Å². The standard InChI is InChI=1S/C19H24N4O7/c1-21-16-15(17(27)22(2)19(21)28)20-11-23(16)18-13(24)8-7-12(30-18)10-29-9-5-3-4-6-14(25)26/h7-8,11-12,18H,3-6,9-10H2,1-2H3,(H,25,26)/t12-,18-/m0/s1. The molecule has 0 bridgehead atoms. The first kappa shape index (κ1) is 21.7. The van der Waals surface area contributed by atoms with Crippen molar-refractivity contribution in [3.63, 3.8) is 0 Å². The average Bonchev–Trinajstić information content (AvgIpc) is 3.16. The summed E-state index contributed by atoms with van der Waals surface area (Å²) in [5.41, 5.74) is -0.807. The van der Waals surface area contributed by atoms with E-state index in [9.17, 15) is 19.2 Å². The Bertz CT molecular complexity index is 1090. The van der Waals surface area contributed by atoms with E-state index in [1.54, 1.807) is 6.08 Å². The maximum absolute atomic E-state index is 12.4. The molecule has 0 spiro atoms. The highest BCUT2D eigenvalue weighted by atomic mass is 16.5. The Morgan fingerprint density at radius 1 is 1.20 bits per heavy atom. The van der Waals surface area contributed by atoms with Crippen molar-refractivity contribution >= 4 is 22.9 Å². The van der Waals surface area contributed by atoms with Gasteiger partial charge in [0.25, 0.3) is 5.56 Å². The number of carboxylic acids is 1.